The lowest BCUT2D eigenvalue weighted by atomic mass is 9.84. The Balaban J connectivity index is 1.33. The minimum atomic E-state index is -1.38. The monoisotopic (exact) mass is 853 g/mol. The van der Waals surface area contributed by atoms with E-state index in [-0.39, 0.29) is 44.3 Å². The number of ether oxygens (including phenoxy) is 2. The maximum absolute atomic E-state index is 14.7. The number of hydrazine groups is 1. The zero-order valence-electron chi connectivity index (χ0n) is 36.8. The van der Waals surface area contributed by atoms with Crippen LogP contribution >= 0.6 is 0 Å². The van der Waals surface area contributed by atoms with E-state index in [1.165, 1.54) is 17.0 Å². The van der Waals surface area contributed by atoms with Gasteiger partial charge in [0.15, 0.2) is 0 Å². The predicted molar refractivity (Wildman–Crippen MR) is 233 cm³/mol. The van der Waals surface area contributed by atoms with Gasteiger partial charge in [-0.15, -0.1) is 0 Å². The average Bonchev–Trinajstić information content (AvgIpc) is 3.81. The third kappa shape index (κ3) is 9.20. The number of carbonyl (C=O) groups is 4. The largest absolute Gasteiger partial charge is 0.508 e. The number of esters is 1. The lowest BCUT2D eigenvalue weighted by molar-refractivity contribution is -0.155. The second kappa shape index (κ2) is 18.5. The number of aromatic nitrogens is 2. The van der Waals surface area contributed by atoms with Crippen molar-refractivity contribution in [2.45, 2.75) is 97.8 Å². The first-order valence-corrected chi connectivity index (χ1v) is 21.7. The molecule has 3 aliphatic heterocycles. The fourth-order valence-electron chi connectivity index (χ4n) is 9.40. The standard InChI is InChI=1S/C47H60FN7O7/c1-8-54-40-12-11-29-20-33(40)34(42(54)35-22-49-14-13-30(35)25-61-7)21-47(4,5)26-62-46(60)38-10-9-15-55(52-38)45(59)39(18-28-16-31(29)19-32(56)17-28)51-43(57)41(27(2)3)53(6)44(58)36-23-50-24-37(36)48/h11-14,16-17,19-20,22,27,36-39,41,50,52,56H,8-10,15,18,21,23-26H2,1-7H3,(H,51,57)/t36-,37+,38+,39+,41+/m1/s1. The van der Waals surface area contributed by atoms with Crippen LogP contribution in [0.2, 0.25) is 0 Å². The van der Waals surface area contributed by atoms with Crippen molar-refractivity contribution in [3.63, 3.8) is 0 Å². The van der Waals surface area contributed by atoms with Crippen molar-refractivity contribution in [3.8, 4) is 28.1 Å². The van der Waals surface area contributed by atoms with E-state index in [2.05, 4.69) is 58.5 Å². The van der Waals surface area contributed by atoms with E-state index < -0.39 is 59.3 Å². The molecule has 0 radical (unpaired) electrons. The van der Waals surface area contributed by atoms with Gasteiger partial charge in [-0.1, -0.05) is 39.8 Å². The van der Waals surface area contributed by atoms with Crippen LogP contribution in [0.25, 0.3) is 33.3 Å². The second-order valence-electron chi connectivity index (χ2n) is 18.1. The Kier molecular flexibility index (Phi) is 13.4. The number of hydrogen-bond donors (Lipinski definition) is 4. The summed E-state index contributed by atoms with van der Waals surface area (Å²) in [7, 11) is 3.16. The Morgan fingerprint density at radius 1 is 1.13 bits per heavy atom. The molecule has 15 heteroatoms. The molecule has 2 fully saturated rings. The number of likely N-dealkylation sites (N-methyl/N-ethyl adjacent to an activating group) is 1. The number of fused-ring (bicyclic) bond motifs is 6. The van der Waals surface area contributed by atoms with Crippen LogP contribution < -0.4 is 16.1 Å². The van der Waals surface area contributed by atoms with Crippen molar-refractivity contribution in [3.05, 3.63) is 71.5 Å². The van der Waals surface area contributed by atoms with Crippen molar-refractivity contribution >= 4 is 34.6 Å². The van der Waals surface area contributed by atoms with Crippen LogP contribution in [0.5, 0.6) is 5.75 Å². The SMILES string of the molecule is CCn1c(-c2cnccc2COC)c2c3cc(ccc31)-c1cc(O)cc(c1)C[C@H](NC(=O)[C@H](C(C)C)N(C)C(=O)[C@@H]1CNC[C@@H]1F)C(=O)N1CCC[C@H](N1)C(=O)OCC(C)(C)C2. The lowest BCUT2D eigenvalue weighted by Crippen LogP contribution is -2.62. The van der Waals surface area contributed by atoms with Crippen LogP contribution in [0.1, 0.15) is 64.2 Å². The van der Waals surface area contributed by atoms with Gasteiger partial charge in [0.05, 0.1) is 24.8 Å². The van der Waals surface area contributed by atoms with Crippen molar-refractivity contribution in [1.29, 1.82) is 0 Å². The first-order chi connectivity index (χ1) is 29.6. The summed E-state index contributed by atoms with van der Waals surface area (Å²) in [6.45, 7) is 11.5. The quantitative estimate of drug-likeness (QED) is 0.170. The molecule has 332 valence electrons. The third-order valence-corrected chi connectivity index (χ3v) is 12.4. The maximum atomic E-state index is 14.7. The van der Waals surface area contributed by atoms with E-state index in [1.54, 1.807) is 39.3 Å². The molecule has 4 aromatic rings. The lowest BCUT2D eigenvalue weighted by Gasteiger charge is -2.37. The molecule has 0 unspecified atom stereocenters. The summed E-state index contributed by atoms with van der Waals surface area (Å²) >= 11 is 0. The van der Waals surface area contributed by atoms with Crippen LogP contribution in [0.3, 0.4) is 0 Å². The first kappa shape index (κ1) is 44.7. The van der Waals surface area contributed by atoms with E-state index >= 15 is 0 Å². The number of rotatable bonds is 9. The Morgan fingerprint density at radius 2 is 1.92 bits per heavy atom. The van der Waals surface area contributed by atoms with Gasteiger partial charge in [-0.05, 0) is 90.3 Å². The van der Waals surface area contributed by atoms with E-state index in [0.717, 1.165) is 38.9 Å². The minimum Gasteiger partial charge on any atom is -0.508 e. The molecule has 5 atom stereocenters. The number of hydrogen-bond acceptors (Lipinski definition) is 10. The van der Waals surface area contributed by atoms with E-state index in [9.17, 15) is 28.7 Å². The maximum Gasteiger partial charge on any atom is 0.324 e. The molecule has 0 saturated carbocycles. The van der Waals surface area contributed by atoms with E-state index in [1.807, 2.05) is 24.4 Å². The molecule has 7 rings (SSSR count). The number of nitrogens with one attached hydrogen (secondary N) is 3. The topological polar surface area (TPSA) is 167 Å². The molecule has 6 bridgehead atoms. The summed E-state index contributed by atoms with van der Waals surface area (Å²) < 4.78 is 28.7. The molecule has 4 N–H and O–H groups in total. The van der Waals surface area contributed by atoms with Crippen LogP contribution in [-0.2, 0) is 54.6 Å². The molecule has 0 aliphatic carbocycles. The molecule has 5 heterocycles. The highest BCUT2D eigenvalue weighted by Crippen LogP contribution is 2.41. The van der Waals surface area contributed by atoms with Gasteiger partial charge in [-0.3, -0.25) is 29.2 Å². The molecule has 14 nitrogen and oxygen atoms in total. The normalized spacial score (nSPS) is 22.3. The van der Waals surface area contributed by atoms with Crippen molar-refractivity contribution in [1.82, 2.24) is 35.5 Å². The number of alkyl halides is 1. The van der Waals surface area contributed by atoms with Gasteiger partial charge in [-0.25, -0.2) is 9.82 Å². The zero-order valence-corrected chi connectivity index (χ0v) is 36.8. The van der Waals surface area contributed by atoms with Gasteiger partial charge in [-0.2, -0.15) is 0 Å². The third-order valence-electron chi connectivity index (χ3n) is 12.4. The first-order valence-electron chi connectivity index (χ1n) is 21.7. The number of phenolic OH excluding ortho intramolecular Hbond substituents is 1. The summed E-state index contributed by atoms with van der Waals surface area (Å²) in [6, 6.07) is 10.3. The van der Waals surface area contributed by atoms with Crippen molar-refractivity contribution in [2.75, 3.05) is 40.4 Å². The average molecular weight is 854 g/mol. The number of halogens is 1. The van der Waals surface area contributed by atoms with Crippen LogP contribution in [0, 0.1) is 17.3 Å². The summed E-state index contributed by atoms with van der Waals surface area (Å²) in [4.78, 5) is 62.1. The number of cyclic esters (lactones) is 1. The van der Waals surface area contributed by atoms with Gasteiger partial charge in [0.1, 0.15) is 30.0 Å². The Hall–Kier alpha value is -5.38. The molecule has 0 spiro atoms. The highest BCUT2D eigenvalue weighted by Gasteiger charge is 2.41. The number of amides is 3. The van der Waals surface area contributed by atoms with Crippen molar-refractivity contribution in [2.24, 2.45) is 17.3 Å². The van der Waals surface area contributed by atoms with E-state index in [4.69, 9.17) is 9.47 Å². The van der Waals surface area contributed by atoms with E-state index in [0.29, 0.717) is 43.5 Å². The smallest absolute Gasteiger partial charge is 0.324 e. The number of phenols is 1. The number of benzene rings is 2. The molecule has 3 aliphatic rings. The molecule has 2 aromatic heterocycles. The van der Waals surface area contributed by atoms with Crippen LogP contribution in [0.15, 0.2) is 54.9 Å². The number of pyridine rings is 1. The highest BCUT2D eigenvalue weighted by molar-refractivity contribution is 5.96. The number of nitrogens with zero attached hydrogens (tertiary/aromatic N) is 4. The second-order valence-corrected chi connectivity index (χ2v) is 18.1. The Labute approximate surface area is 362 Å². The predicted octanol–water partition coefficient (Wildman–Crippen LogP) is 4.93. The molecule has 3 amide bonds. The van der Waals surface area contributed by atoms with Gasteiger partial charge in [0.2, 0.25) is 11.8 Å². The number of methoxy groups -OCH3 is 1. The number of carbonyl (C=O) groups excluding carboxylic acids is 4. The van der Waals surface area contributed by atoms with Gasteiger partial charge in [0, 0.05) is 81.0 Å². The van der Waals surface area contributed by atoms with Crippen LogP contribution in [-0.4, -0.2) is 113 Å². The molecule has 62 heavy (non-hydrogen) atoms. The number of aromatic hydroxyl groups is 1. The molecular weight excluding hydrogens is 794 g/mol. The molecular formula is C47H60FN7O7. The van der Waals surface area contributed by atoms with Crippen molar-refractivity contribution < 1.29 is 38.1 Å². The van der Waals surface area contributed by atoms with Gasteiger partial charge < -0.3 is 34.7 Å². The minimum absolute atomic E-state index is 0.0208. The molecule has 2 aromatic carbocycles. The fourth-order valence-corrected chi connectivity index (χ4v) is 9.40. The fraction of sp³-hybridized carbons (Fsp3) is 0.511. The summed E-state index contributed by atoms with van der Waals surface area (Å²) in [5, 5.41) is 19.4. The number of aryl methyl sites for hydroxylation is 1. The molecule has 2 saturated heterocycles. The van der Waals surface area contributed by atoms with Crippen LogP contribution in [0.4, 0.5) is 4.39 Å². The summed E-state index contributed by atoms with van der Waals surface area (Å²) in [5.74, 6) is -3.40. The highest BCUT2D eigenvalue weighted by atomic mass is 19.1. The summed E-state index contributed by atoms with van der Waals surface area (Å²) in [5.41, 5.74) is 9.65. The van der Waals surface area contributed by atoms with Gasteiger partial charge >= 0.3 is 5.97 Å². The Bertz CT molecular complexity index is 2330. The Morgan fingerprint density at radius 3 is 2.63 bits per heavy atom. The zero-order chi connectivity index (χ0) is 44.5. The summed E-state index contributed by atoms with van der Waals surface area (Å²) in [6.07, 6.45) is 3.70. The van der Waals surface area contributed by atoms with Gasteiger partial charge in [0.25, 0.3) is 5.91 Å².